The molecule has 0 bridgehead atoms. The first-order valence-corrected chi connectivity index (χ1v) is 8.71. The average molecular weight is 294 g/mol. The zero-order valence-electron chi connectivity index (χ0n) is 11.2. The zero-order valence-corrected chi connectivity index (χ0v) is 12.9. The molecule has 0 radical (unpaired) electrons. The molecule has 0 amide bonds. The number of carbonyl (C=O) groups is 1. The summed E-state index contributed by atoms with van der Waals surface area (Å²) >= 11 is 3.75. The normalized spacial score (nSPS) is 29.7. The summed E-state index contributed by atoms with van der Waals surface area (Å²) in [6, 6.07) is 5.89. The van der Waals surface area contributed by atoms with E-state index < -0.39 is 0 Å². The lowest BCUT2D eigenvalue weighted by Crippen LogP contribution is -2.31. The van der Waals surface area contributed by atoms with Gasteiger partial charge in [-0.1, -0.05) is 13.8 Å². The van der Waals surface area contributed by atoms with Gasteiger partial charge in [0.15, 0.2) is 5.78 Å². The molecule has 1 fully saturated rings. The SMILES string of the molecule is CC1SCC(C(=O)c2ccc3c(c2)CCO3)SC1C. The van der Waals surface area contributed by atoms with Crippen LogP contribution in [0.25, 0.3) is 0 Å². The predicted octanol–water partition coefficient (Wildman–Crippen LogP) is 3.43. The van der Waals surface area contributed by atoms with Crippen LogP contribution in [0.2, 0.25) is 0 Å². The van der Waals surface area contributed by atoms with Gasteiger partial charge in [0.1, 0.15) is 5.75 Å². The summed E-state index contributed by atoms with van der Waals surface area (Å²) in [5.74, 6) is 2.16. The molecule has 0 aliphatic carbocycles. The minimum atomic E-state index is 0.108. The first-order chi connectivity index (χ1) is 9.15. The van der Waals surface area contributed by atoms with Gasteiger partial charge in [0.25, 0.3) is 0 Å². The molecule has 1 aromatic carbocycles. The van der Waals surface area contributed by atoms with Crippen LogP contribution in [0.15, 0.2) is 18.2 Å². The summed E-state index contributed by atoms with van der Waals surface area (Å²) in [7, 11) is 0. The quantitative estimate of drug-likeness (QED) is 0.781. The second kappa shape index (κ2) is 5.41. The van der Waals surface area contributed by atoms with Crippen LogP contribution in [0.5, 0.6) is 5.75 Å². The lowest BCUT2D eigenvalue weighted by Gasteiger charge is -2.30. The molecule has 2 heterocycles. The van der Waals surface area contributed by atoms with Crippen molar-refractivity contribution < 1.29 is 9.53 Å². The topological polar surface area (TPSA) is 26.3 Å². The van der Waals surface area contributed by atoms with Crippen molar-refractivity contribution in [1.29, 1.82) is 0 Å². The summed E-state index contributed by atoms with van der Waals surface area (Å²) < 4.78 is 5.49. The number of thioether (sulfide) groups is 2. The number of benzene rings is 1. The van der Waals surface area contributed by atoms with Crippen LogP contribution in [0.4, 0.5) is 0 Å². The largest absolute Gasteiger partial charge is 0.493 e. The molecule has 19 heavy (non-hydrogen) atoms. The third-order valence-electron chi connectivity index (χ3n) is 3.82. The molecule has 4 heteroatoms. The lowest BCUT2D eigenvalue weighted by atomic mass is 10.0. The fraction of sp³-hybridized carbons (Fsp3) is 0.533. The number of ether oxygens (including phenoxy) is 1. The molecule has 2 nitrogen and oxygen atoms in total. The molecule has 1 aromatic rings. The van der Waals surface area contributed by atoms with Crippen LogP contribution < -0.4 is 4.74 Å². The first-order valence-electron chi connectivity index (χ1n) is 6.72. The molecule has 0 aromatic heterocycles. The Hall–Kier alpha value is -0.610. The number of ketones is 1. The van der Waals surface area contributed by atoms with E-state index in [1.165, 1.54) is 5.56 Å². The van der Waals surface area contributed by atoms with E-state index in [1.807, 2.05) is 41.7 Å². The van der Waals surface area contributed by atoms with Gasteiger partial charge in [-0.05, 0) is 23.8 Å². The minimum absolute atomic E-state index is 0.108. The molecule has 2 aliphatic heterocycles. The van der Waals surface area contributed by atoms with Crippen molar-refractivity contribution in [2.24, 2.45) is 0 Å². The zero-order chi connectivity index (χ0) is 13.4. The first kappa shape index (κ1) is 13.4. The molecular formula is C15H18O2S2. The summed E-state index contributed by atoms with van der Waals surface area (Å²) in [5.41, 5.74) is 2.03. The minimum Gasteiger partial charge on any atom is -0.493 e. The second-order valence-electron chi connectivity index (χ2n) is 5.15. The molecule has 3 atom stereocenters. The van der Waals surface area contributed by atoms with E-state index >= 15 is 0 Å². The highest BCUT2D eigenvalue weighted by Gasteiger charge is 2.31. The molecule has 2 aliphatic rings. The number of Topliss-reactive ketones (excluding diaryl/α,β-unsaturated/α-hetero) is 1. The van der Waals surface area contributed by atoms with Crippen molar-refractivity contribution in [1.82, 2.24) is 0 Å². The third-order valence-corrected chi connectivity index (χ3v) is 7.21. The van der Waals surface area contributed by atoms with Gasteiger partial charge in [-0.15, -0.1) is 11.8 Å². The smallest absolute Gasteiger partial charge is 0.176 e. The van der Waals surface area contributed by atoms with Crippen LogP contribution >= 0.6 is 23.5 Å². The summed E-state index contributed by atoms with van der Waals surface area (Å²) in [6.45, 7) is 5.21. The van der Waals surface area contributed by atoms with E-state index in [1.54, 1.807) is 0 Å². The third kappa shape index (κ3) is 2.65. The Labute approximate surface area is 122 Å². The highest BCUT2D eigenvalue weighted by Crippen LogP contribution is 2.37. The molecule has 102 valence electrons. The molecule has 1 saturated heterocycles. The van der Waals surface area contributed by atoms with Crippen LogP contribution in [-0.4, -0.2) is 33.9 Å². The maximum absolute atomic E-state index is 12.6. The monoisotopic (exact) mass is 294 g/mol. The number of carbonyl (C=O) groups excluding carboxylic acids is 1. The highest BCUT2D eigenvalue weighted by atomic mass is 32.2. The van der Waals surface area contributed by atoms with Crippen molar-refractivity contribution in [2.75, 3.05) is 12.4 Å². The summed E-state index contributed by atoms with van der Waals surface area (Å²) in [6.07, 6.45) is 0.927. The Kier molecular flexibility index (Phi) is 3.81. The van der Waals surface area contributed by atoms with E-state index in [0.717, 1.165) is 30.1 Å². The standard InChI is InChI=1S/C15H18O2S2/c1-9-10(2)19-14(8-18-9)15(16)12-3-4-13-11(7-12)5-6-17-13/h3-4,7,9-10,14H,5-6,8H2,1-2H3. The van der Waals surface area contributed by atoms with Crippen molar-refractivity contribution in [3.8, 4) is 5.75 Å². The summed E-state index contributed by atoms with van der Waals surface area (Å²) in [4.78, 5) is 12.6. The van der Waals surface area contributed by atoms with Gasteiger partial charge in [0.2, 0.25) is 0 Å². The van der Waals surface area contributed by atoms with Crippen LogP contribution in [0.1, 0.15) is 29.8 Å². The maximum atomic E-state index is 12.6. The predicted molar refractivity (Wildman–Crippen MR) is 82.7 cm³/mol. The fourth-order valence-corrected chi connectivity index (χ4v) is 5.32. The summed E-state index contributed by atoms with van der Waals surface area (Å²) in [5, 5.41) is 1.30. The number of hydrogen-bond donors (Lipinski definition) is 0. The van der Waals surface area contributed by atoms with Gasteiger partial charge < -0.3 is 4.74 Å². The maximum Gasteiger partial charge on any atom is 0.176 e. The van der Waals surface area contributed by atoms with Gasteiger partial charge >= 0.3 is 0 Å². The van der Waals surface area contributed by atoms with Crippen molar-refractivity contribution in [3.05, 3.63) is 29.3 Å². The highest BCUT2D eigenvalue weighted by molar-refractivity contribution is 8.08. The van der Waals surface area contributed by atoms with E-state index in [2.05, 4.69) is 13.8 Å². The van der Waals surface area contributed by atoms with Crippen LogP contribution in [0, 0.1) is 0 Å². The Bertz CT molecular complexity index is 501. The van der Waals surface area contributed by atoms with E-state index in [-0.39, 0.29) is 11.0 Å². The van der Waals surface area contributed by atoms with E-state index in [4.69, 9.17) is 4.74 Å². The Balaban J connectivity index is 1.77. The second-order valence-corrected chi connectivity index (χ2v) is 8.15. The number of hydrogen-bond acceptors (Lipinski definition) is 4. The Morgan fingerprint density at radius 1 is 1.32 bits per heavy atom. The van der Waals surface area contributed by atoms with Gasteiger partial charge in [-0.2, -0.15) is 11.8 Å². The number of fused-ring (bicyclic) bond motifs is 1. The molecule has 0 spiro atoms. The Morgan fingerprint density at radius 2 is 2.16 bits per heavy atom. The van der Waals surface area contributed by atoms with Gasteiger partial charge in [-0.3, -0.25) is 4.79 Å². The van der Waals surface area contributed by atoms with Crippen molar-refractivity contribution >= 4 is 29.3 Å². The fourth-order valence-electron chi connectivity index (χ4n) is 2.45. The van der Waals surface area contributed by atoms with Crippen LogP contribution in [0.3, 0.4) is 0 Å². The van der Waals surface area contributed by atoms with Gasteiger partial charge in [0, 0.05) is 28.2 Å². The molecule has 0 saturated carbocycles. The van der Waals surface area contributed by atoms with Crippen molar-refractivity contribution in [2.45, 2.75) is 36.0 Å². The molecule has 3 unspecified atom stereocenters. The molecular weight excluding hydrogens is 276 g/mol. The van der Waals surface area contributed by atoms with E-state index in [0.29, 0.717) is 10.5 Å². The molecule has 3 rings (SSSR count). The van der Waals surface area contributed by atoms with Gasteiger partial charge in [-0.25, -0.2) is 0 Å². The Morgan fingerprint density at radius 3 is 2.95 bits per heavy atom. The average Bonchev–Trinajstić information content (AvgIpc) is 2.88. The van der Waals surface area contributed by atoms with Gasteiger partial charge in [0.05, 0.1) is 11.9 Å². The lowest BCUT2D eigenvalue weighted by molar-refractivity contribution is 0.0994. The molecule has 0 N–H and O–H groups in total. The van der Waals surface area contributed by atoms with Crippen LogP contribution in [-0.2, 0) is 6.42 Å². The van der Waals surface area contributed by atoms with Crippen molar-refractivity contribution in [3.63, 3.8) is 0 Å². The number of rotatable bonds is 2. The van der Waals surface area contributed by atoms with E-state index in [9.17, 15) is 4.79 Å².